The Morgan fingerprint density at radius 2 is 1.94 bits per heavy atom. The summed E-state index contributed by atoms with van der Waals surface area (Å²) in [5.41, 5.74) is -0.974. The maximum atomic E-state index is 12.9. The van der Waals surface area contributed by atoms with E-state index in [0.717, 1.165) is 18.9 Å². The number of nitriles is 1. The first-order valence-corrected chi connectivity index (χ1v) is 5.67. The van der Waals surface area contributed by atoms with Crippen LogP contribution in [0.4, 0.5) is 19.0 Å². The predicted octanol–water partition coefficient (Wildman–Crippen LogP) is 2.88. The molecule has 1 saturated heterocycles. The van der Waals surface area contributed by atoms with E-state index in [1.807, 2.05) is 0 Å². The molecule has 0 unspecified atom stereocenters. The van der Waals surface area contributed by atoms with Gasteiger partial charge in [-0.25, -0.2) is 4.98 Å². The Kier molecular flexibility index (Phi) is 3.16. The summed E-state index contributed by atoms with van der Waals surface area (Å²) in [6.07, 6.45) is -2.68. The molecule has 0 N–H and O–H groups in total. The summed E-state index contributed by atoms with van der Waals surface area (Å²) >= 11 is 0. The number of aryl methyl sites for hydroxylation is 1. The minimum Gasteiger partial charge on any atom is -0.356 e. The number of hydrogen-bond acceptors (Lipinski definition) is 3. The molecule has 0 radical (unpaired) electrons. The predicted molar refractivity (Wildman–Crippen MR) is 60.1 cm³/mol. The van der Waals surface area contributed by atoms with E-state index < -0.39 is 11.7 Å². The van der Waals surface area contributed by atoms with Gasteiger partial charge in [0.2, 0.25) is 0 Å². The fourth-order valence-electron chi connectivity index (χ4n) is 2.15. The molecule has 1 aromatic heterocycles. The van der Waals surface area contributed by atoms with Crippen LogP contribution in [-0.4, -0.2) is 18.1 Å². The molecule has 6 heteroatoms. The zero-order valence-electron chi connectivity index (χ0n) is 9.88. The smallest absolute Gasteiger partial charge is 0.356 e. The van der Waals surface area contributed by atoms with Crippen molar-refractivity contribution < 1.29 is 13.2 Å². The van der Waals surface area contributed by atoms with E-state index in [1.165, 1.54) is 6.92 Å². The lowest BCUT2D eigenvalue weighted by molar-refractivity contribution is -0.137. The number of pyridine rings is 1. The lowest BCUT2D eigenvalue weighted by Gasteiger charge is -2.20. The average molecular weight is 255 g/mol. The van der Waals surface area contributed by atoms with Gasteiger partial charge in [-0.2, -0.15) is 18.4 Å². The summed E-state index contributed by atoms with van der Waals surface area (Å²) in [6, 6.07) is 2.58. The first kappa shape index (κ1) is 12.7. The first-order valence-electron chi connectivity index (χ1n) is 5.67. The largest absolute Gasteiger partial charge is 0.417 e. The second-order valence-electron chi connectivity index (χ2n) is 4.31. The van der Waals surface area contributed by atoms with E-state index in [0.29, 0.717) is 13.1 Å². The molecule has 0 aliphatic carbocycles. The van der Waals surface area contributed by atoms with Gasteiger partial charge in [-0.1, -0.05) is 0 Å². The zero-order chi connectivity index (χ0) is 13.3. The molecule has 0 aromatic carbocycles. The van der Waals surface area contributed by atoms with Gasteiger partial charge in [-0.05, 0) is 25.8 Å². The Morgan fingerprint density at radius 1 is 1.33 bits per heavy atom. The Hall–Kier alpha value is -1.77. The molecule has 0 amide bonds. The van der Waals surface area contributed by atoms with Gasteiger partial charge in [0, 0.05) is 18.8 Å². The van der Waals surface area contributed by atoms with E-state index in [-0.39, 0.29) is 17.1 Å². The van der Waals surface area contributed by atoms with Crippen LogP contribution in [0.3, 0.4) is 0 Å². The van der Waals surface area contributed by atoms with Crippen LogP contribution >= 0.6 is 0 Å². The van der Waals surface area contributed by atoms with Gasteiger partial charge in [0.1, 0.15) is 17.5 Å². The van der Waals surface area contributed by atoms with Gasteiger partial charge in [0.25, 0.3) is 0 Å². The second kappa shape index (κ2) is 4.48. The van der Waals surface area contributed by atoms with Crippen molar-refractivity contribution in [2.45, 2.75) is 25.9 Å². The van der Waals surface area contributed by atoms with Crippen molar-refractivity contribution in [2.24, 2.45) is 0 Å². The summed E-state index contributed by atoms with van der Waals surface area (Å²) in [6.45, 7) is 2.82. The van der Waals surface area contributed by atoms with Crippen molar-refractivity contribution in [3.63, 3.8) is 0 Å². The molecule has 2 rings (SSSR count). The fraction of sp³-hybridized carbons (Fsp3) is 0.500. The molecule has 96 valence electrons. The average Bonchev–Trinajstić information content (AvgIpc) is 2.80. The molecule has 1 aromatic rings. The summed E-state index contributed by atoms with van der Waals surface area (Å²) in [4.78, 5) is 5.85. The van der Waals surface area contributed by atoms with E-state index in [4.69, 9.17) is 5.26 Å². The first-order chi connectivity index (χ1) is 8.43. The third kappa shape index (κ3) is 2.26. The SMILES string of the molecule is Cc1cc(C(F)(F)F)c(C#N)c(N2CCCC2)n1. The normalized spacial score (nSPS) is 15.8. The standard InChI is InChI=1S/C12H12F3N3/c1-8-6-10(12(13,14)15)9(7-16)11(17-8)18-4-2-3-5-18/h6H,2-5H2,1H3. The summed E-state index contributed by atoms with van der Waals surface area (Å²) in [7, 11) is 0. The lowest BCUT2D eigenvalue weighted by atomic mass is 10.1. The van der Waals surface area contributed by atoms with E-state index in [2.05, 4.69) is 4.98 Å². The fourth-order valence-corrected chi connectivity index (χ4v) is 2.15. The number of hydrogen-bond donors (Lipinski definition) is 0. The monoisotopic (exact) mass is 255 g/mol. The Balaban J connectivity index is 2.59. The van der Waals surface area contributed by atoms with Crippen LogP contribution in [0.1, 0.15) is 29.7 Å². The lowest BCUT2D eigenvalue weighted by Crippen LogP contribution is -2.22. The van der Waals surface area contributed by atoms with Crippen molar-refractivity contribution >= 4 is 5.82 Å². The number of aromatic nitrogens is 1. The summed E-state index contributed by atoms with van der Waals surface area (Å²) in [5, 5.41) is 9.00. The van der Waals surface area contributed by atoms with Crippen molar-refractivity contribution in [1.82, 2.24) is 4.98 Å². The van der Waals surface area contributed by atoms with Gasteiger partial charge in [0.15, 0.2) is 0 Å². The summed E-state index contributed by atoms with van der Waals surface area (Å²) in [5.74, 6) is 0.169. The number of anilines is 1. The molecule has 0 spiro atoms. The van der Waals surface area contributed by atoms with Crippen LogP contribution in [0, 0.1) is 18.3 Å². The maximum absolute atomic E-state index is 12.9. The van der Waals surface area contributed by atoms with E-state index >= 15 is 0 Å². The summed E-state index contributed by atoms with van der Waals surface area (Å²) < 4.78 is 38.7. The van der Waals surface area contributed by atoms with Gasteiger partial charge < -0.3 is 4.90 Å². The molecule has 0 bridgehead atoms. The van der Waals surface area contributed by atoms with Crippen LogP contribution in [0.5, 0.6) is 0 Å². The Bertz CT molecular complexity index is 497. The maximum Gasteiger partial charge on any atom is 0.417 e. The molecule has 2 heterocycles. The Labute approximate surface area is 103 Å². The third-order valence-corrected chi connectivity index (χ3v) is 2.95. The van der Waals surface area contributed by atoms with E-state index in [1.54, 1.807) is 11.0 Å². The van der Waals surface area contributed by atoms with Crippen molar-refractivity contribution in [3.05, 3.63) is 22.9 Å². The highest BCUT2D eigenvalue weighted by Gasteiger charge is 2.36. The molecule has 0 atom stereocenters. The molecule has 3 nitrogen and oxygen atoms in total. The highest BCUT2D eigenvalue weighted by atomic mass is 19.4. The minimum atomic E-state index is -4.52. The van der Waals surface area contributed by atoms with Crippen molar-refractivity contribution in [2.75, 3.05) is 18.0 Å². The number of rotatable bonds is 1. The quantitative estimate of drug-likeness (QED) is 0.774. The molecule has 0 saturated carbocycles. The van der Waals surface area contributed by atoms with Gasteiger partial charge >= 0.3 is 6.18 Å². The number of alkyl halides is 3. The van der Waals surface area contributed by atoms with Crippen LogP contribution in [-0.2, 0) is 6.18 Å². The van der Waals surface area contributed by atoms with Crippen LogP contribution < -0.4 is 4.90 Å². The van der Waals surface area contributed by atoms with Crippen LogP contribution in [0.15, 0.2) is 6.07 Å². The number of halogens is 3. The Morgan fingerprint density at radius 3 is 2.44 bits per heavy atom. The van der Waals surface area contributed by atoms with Crippen LogP contribution in [0.2, 0.25) is 0 Å². The molecule has 1 fully saturated rings. The van der Waals surface area contributed by atoms with Crippen molar-refractivity contribution in [1.29, 1.82) is 5.26 Å². The topological polar surface area (TPSA) is 39.9 Å². The number of nitrogens with zero attached hydrogens (tertiary/aromatic N) is 3. The molecule has 1 aliphatic heterocycles. The molecule has 1 aliphatic rings. The molecular formula is C12H12F3N3. The molecular weight excluding hydrogens is 243 g/mol. The van der Waals surface area contributed by atoms with Gasteiger partial charge in [0.05, 0.1) is 5.56 Å². The molecule has 18 heavy (non-hydrogen) atoms. The second-order valence-corrected chi connectivity index (χ2v) is 4.31. The van der Waals surface area contributed by atoms with Gasteiger partial charge in [-0.3, -0.25) is 0 Å². The van der Waals surface area contributed by atoms with E-state index in [9.17, 15) is 13.2 Å². The minimum absolute atomic E-state index is 0.169. The highest BCUT2D eigenvalue weighted by molar-refractivity contribution is 5.59. The zero-order valence-corrected chi connectivity index (χ0v) is 9.88. The highest BCUT2D eigenvalue weighted by Crippen LogP contribution is 2.36. The van der Waals surface area contributed by atoms with Crippen LogP contribution in [0.25, 0.3) is 0 Å². The van der Waals surface area contributed by atoms with Gasteiger partial charge in [-0.15, -0.1) is 0 Å². The van der Waals surface area contributed by atoms with Crippen molar-refractivity contribution in [3.8, 4) is 6.07 Å². The third-order valence-electron chi connectivity index (χ3n) is 2.95.